The van der Waals surface area contributed by atoms with E-state index in [0.29, 0.717) is 11.7 Å². The van der Waals surface area contributed by atoms with Crippen LogP contribution in [0.15, 0.2) is 11.6 Å². The highest BCUT2D eigenvalue weighted by Crippen LogP contribution is 2.42. The molecule has 2 atom stereocenters. The minimum absolute atomic E-state index is 0.182. The molecule has 0 radical (unpaired) electrons. The molecular formula is C11H18O. The van der Waals surface area contributed by atoms with E-state index in [1.54, 1.807) is 6.92 Å². The van der Waals surface area contributed by atoms with Crippen molar-refractivity contribution in [1.29, 1.82) is 0 Å². The van der Waals surface area contributed by atoms with E-state index in [1.807, 2.05) is 0 Å². The number of allylic oxidation sites excluding steroid dienone is 2. The van der Waals surface area contributed by atoms with Crippen molar-refractivity contribution < 1.29 is 4.79 Å². The summed E-state index contributed by atoms with van der Waals surface area (Å²) in [5.74, 6) is 0.809. The maximum Gasteiger partial charge on any atom is 0.139 e. The fourth-order valence-electron chi connectivity index (χ4n) is 2.06. The van der Waals surface area contributed by atoms with Gasteiger partial charge in [-0.25, -0.2) is 0 Å². The Morgan fingerprint density at radius 1 is 1.67 bits per heavy atom. The van der Waals surface area contributed by atoms with Gasteiger partial charge in [0.25, 0.3) is 0 Å². The van der Waals surface area contributed by atoms with Crippen molar-refractivity contribution in [3.05, 3.63) is 11.6 Å². The topological polar surface area (TPSA) is 17.1 Å². The molecule has 0 spiro atoms. The number of hydrogen-bond donors (Lipinski definition) is 0. The molecule has 0 saturated carbocycles. The number of carbonyl (C=O) groups excluding carboxylic acids is 1. The van der Waals surface area contributed by atoms with Gasteiger partial charge in [0.15, 0.2) is 0 Å². The van der Waals surface area contributed by atoms with Crippen molar-refractivity contribution in [2.75, 3.05) is 0 Å². The summed E-state index contributed by atoms with van der Waals surface area (Å²) in [7, 11) is 0. The molecule has 12 heavy (non-hydrogen) atoms. The molecule has 0 aromatic heterocycles. The SMILES string of the molecule is CC(=O)C1(C)C(C)=CCCC1C. The van der Waals surface area contributed by atoms with E-state index in [9.17, 15) is 4.79 Å². The molecule has 1 nitrogen and oxygen atoms in total. The Morgan fingerprint density at radius 2 is 2.25 bits per heavy atom. The van der Waals surface area contributed by atoms with Gasteiger partial charge in [0.1, 0.15) is 5.78 Å². The summed E-state index contributed by atoms with van der Waals surface area (Å²) in [6.07, 6.45) is 4.49. The van der Waals surface area contributed by atoms with Crippen molar-refractivity contribution in [2.45, 2.75) is 40.5 Å². The van der Waals surface area contributed by atoms with Crippen molar-refractivity contribution in [3.8, 4) is 0 Å². The Labute approximate surface area is 74.9 Å². The normalized spacial score (nSPS) is 36.0. The lowest BCUT2D eigenvalue weighted by Crippen LogP contribution is -2.36. The second-order valence-electron chi connectivity index (χ2n) is 4.12. The first-order valence-corrected chi connectivity index (χ1v) is 4.68. The minimum atomic E-state index is -0.182. The highest BCUT2D eigenvalue weighted by Gasteiger charge is 2.38. The van der Waals surface area contributed by atoms with Crippen LogP contribution in [0.5, 0.6) is 0 Å². The van der Waals surface area contributed by atoms with Gasteiger partial charge in [-0.05, 0) is 39.5 Å². The predicted octanol–water partition coefficient (Wildman–Crippen LogP) is 2.96. The van der Waals surface area contributed by atoms with Crippen LogP contribution in [0.1, 0.15) is 40.5 Å². The van der Waals surface area contributed by atoms with Crippen LogP contribution >= 0.6 is 0 Å². The molecule has 0 N–H and O–H groups in total. The van der Waals surface area contributed by atoms with E-state index in [2.05, 4.69) is 26.8 Å². The number of ketones is 1. The summed E-state index contributed by atoms with van der Waals surface area (Å²) in [6, 6.07) is 0. The van der Waals surface area contributed by atoms with Crippen molar-refractivity contribution >= 4 is 5.78 Å². The average Bonchev–Trinajstić information content (AvgIpc) is 1.99. The van der Waals surface area contributed by atoms with E-state index < -0.39 is 0 Å². The van der Waals surface area contributed by atoms with E-state index in [-0.39, 0.29) is 5.41 Å². The molecule has 0 fully saturated rings. The number of Topliss-reactive ketones (excluding diaryl/α,β-unsaturated/α-hetero) is 1. The van der Waals surface area contributed by atoms with E-state index >= 15 is 0 Å². The highest BCUT2D eigenvalue weighted by atomic mass is 16.1. The van der Waals surface area contributed by atoms with Crippen LogP contribution in [-0.2, 0) is 4.79 Å². The van der Waals surface area contributed by atoms with Gasteiger partial charge < -0.3 is 0 Å². The monoisotopic (exact) mass is 166 g/mol. The minimum Gasteiger partial charge on any atom is -0.299 e. The molecule has 0 saturated heterocycles. The van der Waals surface area contributed by atoms with Crippen LogP contribution < -0.4 is 0 Å². The molecule has 0 heterocycles. The Bertz CT molecular complexity index is 227. The van der Waals surface area contributed by atoms with E-state index in [1.165, 1.54) is 5.57 Å². The third kappa shape index (κ3) is 1.21. The highest BCUT2D eigenvalue weighted by molar-refractivity contribution is 5.85. The fraction of sp³-hybridized carbons (Fsp3) is 0.727. The van der Waals surface area contributed by atoms with Gasteiger partial charge in [-0.15, -0.1) is 0 Å². The van der Waals surface area contributed by atoms with Gasteiger partial charge in [0.05, 0.1) is 0 Å². The maximum absolute atomic E-state index is 11.5. The van der Waals surface area contributed by atoms with Gasteiger partial charge in [-0.3, -0.25) is 4.79 Å². The van der Waals surface area contributed by atoms with Crippen LogP contribution in [0.3, 0.4) is 0 Å². The van der Waals surface area contributed by atoms with Crippen LogP contribution in [0.2, 0.25) is 0 Å². The van der Waals surface area contributed by atoms with E-state index in [4.69, 9.17) is 0 Å². The second-order valence-corrected chi connectivity index (χ2v) is 4.12. The lowest BCUT2D eigenvalue weighted by atomic mass is 9.65. The molecule has 68 valence electrons. The van der Waals surface area contributed by atoms with Gasteiger partial charge in [-0.1, -0.05) is 18.6 Å². The molecule has 2 unspecified atom stereocenters. The largest absolute Gasteiger partial charge is 0.299 e. The third-order valence-electron chi connectivity index (χ3n) is 3.59. The molecule has 0 aromatic rings. The maximum atomic E-state index is 11.5. The first-order valence-electron chi connectivity index (χ1n) is 4.68. The molecule has 1 rings (SSSR count). The molecule has 0 aliphatic heterocycles. The number of carbonyl (C=O) groups is 1. The molecule has 1 aliphatic rings. The summed E-state index contributed by atoms with van der Waals surface area (Å²) >= 11 is 0. The second kappa shape index (κ2) is 3.04. The molecule has 0 bridgehead atoms. The Balaban J connectivity index is 3.05. The predicted molar refractivity (Wildman–Crippen MR) is 50.9 cm³/mol. The van der Waals surface area contributed by atoms with Gasteiger partial charge in [0.2, 0.25) is 0 Å². The third-order valence-corrected chi connectivity index (χ3v) is 3.59. The van der Waals surface area contributed by atoms with Crippen LogP contribution in [0.4, 0.5) is 0 Å². The lowest BCUT2D eigenvalue weighted by Gasteiger charge is -2.37. The Hall–Kier alpha value is -0.590. The van der Waals surface area contributed by atoms with E-state index in [0.717, 1.165) is 12.8 Å². The fourth-order valence-corrected chi connectivity index (χ4v) is 2.06. The van der Waals surface area contributed by atoms with Crippen molar-refractivity contribution in [2.24, 2.45) is 11.3 Å². The number of rotatable bonds is 1. The van der Waals surface area contributed by atoms with Crippen molar-refractivity contribution in [3.63, 3.8) is 0 Å². The van der Waals surface area contributed by atoms with Crippen LogP contribution in [-0.4, -0.2) is 5.78 Å². The first-order chi connectivity index (χ1) is 5.49. The molecule has 1 aliphatic carbocycles. The summed E-state index contributed by atoms with van der Waals surface area (Å²) in [5.41, 5.74) is 1.08. The van der Waals surface area contributed by atoms with Gasteiger partial charge in [-0.2, -0.15) is 0 Å². The zero-order valence-electron chi connectivity index (χ0n) is 8.48. The summed E-state index contributed by atoms with van der Waals surface area (Å²) in [5, 5.41) is 0. The van der Waals surface area contributed by atoms with Gasteiger partial charge in [0, 0.05) is 5.41 Å². The van der Waals surface area contributed by atoms with Crippen LogP contribution in [0, 0.1) is 11.3 Å². The molecule has 0 aromatic carbocycles. The summed E-state index contributed by atoms with van der Waals surface area (Å²) in [4.78, 5) is 11.5. The van der Waals surface area contributed by atoms with Gasteiger partial charge >= 0.3 is 0 Å². The zero-order valence-corrected chi connectivity index (χ0v) is 8.48. The molecular weight excluding hydrogens is 148 g/mol. The zero-order chi connectivity index (χ0) is 9.35. The lowest BCUT2D eigenvalue weighted by molar-refractivity contribution is -0.126. The average molecular weight is 166 g/mol. The standard InChI is InChI=1S/C11H18O/c1-8-6-5-7-9(2)11(8,4)10(3)12/h6,9H,5,7H2,1-4H3. The number of hydrogen-bond acceptors (Lipinski definition) is 1. The van der Waals surface area contributed by atoms with Crippen molar-refractivity contribution in [1.82, 2.24) is 0 Å². The quantitative estimate of drug-likeness (QED) is 0.547. The smallest absolute Gasteiger partial charge is 0.139 e. The first kappa shape index (κ1) is 9.50. The van der Waals surface area contributed by atoms with Crippen LogP contribution in [0.25, 0.3) is 0 Å². The Kier molecular flexibility index (Phi) is 2.41. The molecule has 0 amide bonds. The summed E-state index contributed by atoms with van der Waals surface area (Å²) in [6.45, 7) is 8.04. The Morgan fingerprint density at radius 3 is 2.58 bits per heavy atom. The summed E-state index contributed by atoms with van der Waals surface area (Å²) < 4.78 is 0. The molecule has 1 heteroatoms.